The smallest absolute Gasteiger partial charge is 0.239 e. The van der Waals surface area contributed by atoms with Crippen LogP contribution in [0.15, 0.2) is 24.8 Å². The molecule has 0 fully saturated rings. The van der Waals surface area contributed by atoms with Crippen molar-refractivity contribution in [1.82, 2.24) is 19.7 Å². The zero-order valence-corrected chi connectivity index (χ0v) is 10.6. The molecule has 0 radical (unpaired) electrons. The van der Waals surface area contributed by atoms with Crippen LogP contribution in [0.25, 0.3) is 0 Å². The summed E-state index contributed by atoms with van der Waals surface area (Å²) in [6.45, 7) is 5.79. The van der Waals surface area contributed by atoms with Crippen molar-refractivity contribution in [1.29, 1.82) is 0 Å². The maximum Gasteiger partial charge on any atom is 0.239 e. The molecule has 0 aliphatic carbocycles. The third-order valence-electron chi connectivity index (χ3n) is 2.26. The molecule has 0 saturated heterocycles. The van der Waals surface area contributed by atoms with Gasteiger partial charge in [0, 0.05) is 13.1 Å². The normalized spacial score (nSPS) is 10.3. The van der Waals surface area contributed by atoms with Gasteiger partial charge in [0.1, 0.15) is 5.82 Å². The fraction of sp³-hybridized carbons (Fsp3) is 0.417. The topological polar surface area (TPSA) is 64.9 Å². The Hall–Kier alpha value is -2.11. The van der Waals surface area contributed by atoms with E-state index in [-0.39, 0.29) is 0 Å². The predicted octanol–water partition coefficient (Wildman–Crippen LogP) is 2.31. The van der Waals surface area contributed by atoms with E-state index in [9.17, 15) is 0 Å². The molecule has 0 aliphatic heterocycles. The summed E-state index contributed by atoms with van der Waals surface area (Å²) in [6.07, 6.45) is 7.81. The third-order valence-corrected chi connectivity index (χ3v) is 2.26. The lowest BCUT2D eigenvalue weighted by Gasteiger charge is -2.04. The highest BCUT2D eigenvalue weighted by atomic mass is 16.5. The van der Waals surface area contributed by atoms with Gasteiger partial charge >= 0.3 is 0 Å². The van der Waals surface area contributed by atoms with Crippen LogP contribution in [0.5, 0.6) is 11.6 Å². The highest BCUT2D eigenvalue weighted by molar-refractivity contribution is 5.34. The van der Waals surface area contributed by atoms with Crippen LogP contribution in [-0.4, -0.2) is 26.3 Å². The monoisotopic (exact) mass is 247 g/mol. The Balaban J connectivity index is 2.05. The first-order chi connectivity index (χ1) is 8.81. The van der Waals surface area contributed by atoms with Crippen LogP contribution < -0.4 is 10.1 Å². The van der Waals surface area contributed by atoms with Crippen molar-refractivity contribution in [3.8, 4) is 11.6 Å². The van der Waals surface area contributed by atoms with E-state index in [2.05, 4.69) is 27.3 Å². The summed E-state index contributed by atoms with van der Waals surface area (Å²) in [4.78, 5) is 8.35. The summed E-state index contributed by atoms with van der Waals surface area (Å²) >= 11 is 0. The lowest BCUT2D eigenvalue weighted by atomic mass is 10.5. The van der Waals surface area contributed by atoms with E-state index in [4.69, 9.17) is 4.74 Å². The van der Waals surface area contributed by atoms with Gasteiger partial charge in [0.15, 0.2) is 5.75 Å². The van der Waals surface area contributed by atoms with E-state index in [0.717, 1.165) is 19.5 Å². The third kappa shape index (κ3) is 3.19. The van der Waals surface area contributed by atoms with Crippen molar-refractivity contribution in [3.05, 3.63) is 24.8 Å². The van der Waals surface area contributed by atoms with Gasteiger partial charge < -0.3 is 10.1 Å². The Morgan fingerprint density at radius 1 is 1.28 bits per heavy atom. The van der Waals surface area contributed by atoms with Gasteiger partial charge in [-0.2, -0.15) is 10.1 Å². The number of aromatic nitrogens is 4. The summed E-state index contributed by atoms with van der Waals surface area (Å²) in [5.41, 5.74) is 0. The highest BCUT2D eigenvalue weighted by Crippen LogP contribution is 2.18. The molecule has 6 nitrogen and oxygen atoms in total. The van der Waals surface area contributed by atoms with Gasteiger partial charge in [0.05, 0.1) is 24.8 Å². The van der Waals surface area contributed by atoms with Gasteiger partial charge in [-0.25, -0.2) is 0 Å². The van der Waals surface area contributed by atoms with Crippen LogP contribution in [0.1, 0.15) is 20.3 Å². The fourth-order valence-electron chi connectivity index (χ4n) is 1.53. The first-order valence-electron chi connectivity index (χ1n) is 6.08. The van der Waals surface area contributed by atoms with E-state index in [1.807, 2.05) is 17.8 Å². The molecule has 6 heteroatoms. The molecule has 2 rings (SSSR count). The van der Waals surface area contributed by atoms with Gasteiger partial charge in [-0.05, 0) is 13.3 Å². The quantitative estimate of drug-likeness (QED) is 0.848. The number of anilines is 1. The van der Waals surface area contributed by atoms with Crippen molar-refractivity contribution in [2.75, 3.05) is 11.9 Å². The predicted molar refractivity (Wildman–Crippen MR) is 68.8 cm³/mol. The van der Waals surface area contributed by atoms with E-state index in [1.54, 1.807) is 18.6 Å². The molecule has 0 aromatic carbocycles. The number of nitrogens with one attached hydrogen (secondary N) is 1. The van der Waals surface area contributed by atoms with Gasteiger partial charge in [0.2, 0.25) is 5.88 Å². The lowest BCUT2D eigenvalue weighted by molar-refractivity contribution is 0.459. The molecule has 0 unspecified atom stereocenters. The van der Waals surface area contributed by atoms with Gasteiger partial charge in [-0.1, -0.05) is 6.92 Å². The van der Waals surface area contributed by atoms with Crippen LogP contribution in [0.3, 0.4) is 0 Å². The number of rotatable bonds is 6. The molecule has 18 heavy (non-hydrogen) atoms. The zero-order chi connectivity index (χ0) is 12.8. The van der Waals surface area contributed by atoms with Crippen molar-refractivity contribution in [2.45, 2.75) is 26.8 Å². The van der Waals surface area contributed by atoms with E-state index in [0.29, 0.717) is 17.4 Å². The number of aryl methyl sites for hydroxylation is 1. The van der Waals surface area contributed by atoms with Crippen LogP contribution in [-0.2, 0) is 6.54 Å². The number of hydrogen-bond donors (Lipinski definition) is 1. The standard InChI is InChI=1S/C12H17N5O/c1-3-5-17-9-10(6-15-17)18-12-8-13-7-11(16-12)14-4-2/h6-9H,3-5H2,1-2H3,(H,14,16). The Kier molecular flexibility index (Phi) is 4.11. The summed E-state index contributed by atoms with van der Waals surface area (Å²) in [5, 5.41) is 7.27. The highest BCUT2D eigenvalue weighted by Gasteiger charge is 2.03. The molecule has 0 amide bonds. The molecule has 96 valence electrons. The van der Waals surface area contributed by atoms with Gasteiger partial charge in [0.25, 0.3) is 0 Å². The van der Waals surface area contributed by atoms with Gasteiger partial charge in [-0.3, -0.25) is 9.67 Å². The van der Waals surface area contributed by atoms with Gasteiger partial charge in [-0.15, -0.1) is 0 Å². The van der Waals surface area contributed by atoms with E-state index >= 15 is 0 Å². The Morgan fingerprint density at radius 2 is 2.17 bits per heavy atom. The molecule has 0 bridgehead atoms. The Morgan fingerprint density at radius 3 is 2.94 bits per heavy atom. The number of ether oxygens (including phenoxy) is 1. The minimum absolute atomic E-state index is 0.462. The first-order valence-corrected chi connectivity index (χ1v) is 6.08. The van der Waals surface area contributed by atoms with Crippen LogP contribution in [0.2, 0.25) is 0 Å². The van der Waals surface area contributed by atoms with Crippen molar-refractivity contribution < 1.29 is 4.74 Å². The molecular weight excluding hydrogens is 230 g/mol. The minimum Gasteiger partial charge on any atom is -0.434 e. The SMILES string of the molecule is CCCn1cc(Oc2cncc(NCC)n2)cn1. The molecule has 0 spiro atoms. The van der Waals surface area contributed by atoms with Crippen LogP contribution in [0.4, 0.5) is 5.82 Å². The second kappa shape index (κ2) is 6.00. The molecule has 2 heterocycles. The largest absolute Gasteiger partial charge is 0.434 e. The Labute approximate surface area is 106 Å². The summed E-state index contributed by atoms with van der Waals surface area (Å²) in [7, 11) is 0. The minimum atomic E-state index is 0.462. The average molecular weight is 247 g/mol. The molecule has 2 aromatic rings. The molecular formula is C12H17N5O. The Bertz CT molecular complexity index is 497. The fourth-order valence-corrected chi connectivity index (χ4v) is 1.53. The van der Waals surface area contributed by atoms with Crippen molar-refractivity contribution in [3.63, 3.8) is 0 Å². The van der Waals surface area contributed by atoms with Crippen molar-refractivity contribution >= 4 is 5.82 Å². The second-order valence-electron chi connectivity index (χ2n) is 3.81. The first kappa shape index (κ1) is 12.3. The molecule has 1 N–H and O–H groups in total. The summed E-state index contributed by atoms with van der Waals surface area (Å²) < 4.78 is 7.44. The van der Waals surface area contributed by atoms with E-state index < -0.39 is 0 Å². The van der Waals surface area contributed by atoms with E-state index in [1.165, 1.54) is 0 Å². The maximum atomic E-state index is 5.60. The summed E-state index contributed by atoms with van der Waals surface area (Å²) in [6, 6.07) is 0. The summed E-state index contributed by atoms with van der Waals surface area (Å²) in [5.74, 6) is 1.84. The molecule has 2 aromatic heterocycles. The molecule has 0 atom stereocenters. The second-order valence-corrected chi connectivity index (χ2v) is 3.81. The molecule has 0 aliphatic rings. The number of hydrogen-bond acceptors (Lipinski definition) is 5. The molecule has 0 saturated carbocycles. The number of nitrogens with zero attached hydrogens (tertiary/aromatic N) is 4. The maximum absolute atomic E-state index is 5.60. The van der Waals surface area contributed by atoms with Crippen LogP contribution >= 0.6 is 0 Å². The van der Waals surface area contributed by atoms with Crippen LogP contribution in [0, 0.1) is 0 Å². The lowest BCUT2D eigenvalue weighted by Crippen LogP contribution is -2.00. The van der Waals surface area contributed by atoms with Crippen molar-refractivity contribution in [2.24, 2.45) is 0 Å². The zero-order valence-electron chi connectivity index (χ0n) is 10.6. The average Bonchev–Trinajstić information content (AvgIpc) is 2.78.